The third-order valence-corrected chi connectivity index (χ3v) is 2.08. The third-order valence-electron chi connectivity index (χ3n) is 2.08. The number of anilines is 1. The normalized spacial score (nSPS) is 13.1. The predicted octanol–water partition coefficient (Wildman–Crippen LogP) is 0.649. The molecule has 1 atom stereocenters. The Morgan fingerprint density at radius 2 is 2.29 bits per heavy atom. The second-order valence-electron chi connectivity index (χ2n) is 3.59. The first-order valence-electron chi connectivity index (χ1n) is 4.64. The van der Waals surface area contributed by atoms with Crippen LogP contribution in [0.3, 0.4) is 0 Å². The Bertz CT molecular complexity index is 288. The maximum atomic E-state index is 9.80. The second-order valence-corrected chi connectivity index (χ2v) is 3.59. The molecule has 1 unspecified atom stereocenters. The van der Waals surface area contributed by atoms with Gasteiger partial charge in [-0.1, -0.05) is 6.07 Å². The van der Waals surface area contributed by atoms with Gasteiger partial charge in [-0.2, -0.15) is 0 Å². The highest BCUT2D eigenvalue weighted by Crippen LogP contribution is 2.20. The molecule has 4 heteroatoms. The smallest absolute Gasteiger partial charge is 0.129 e. The highest BCUT2D eigenvalue weighted by Gasteiger charge is 2.10. The van der Waals surface area contributed by atoms with Gasteiger partial charge in [-0.15, -0.1) is 0 Å². The molecule has 1 heterocycles. The summed E-state index contributed by atoms with van der Waals surface area (Å²) in [6, 6.07) is 3.59. The predicted molar refractivity (Wildman–Crippen MR) is 56.8 cm³/mol. The van der Waals surface area contributed by atoms with Crippen LogP contribution in [-0.2, 0) is 0 Å². The molecule has 0 spiro atoms. The molecule has 0 aliphatic heterocycles. The van der Waals surface area contributed by atoms with Gasteiger partial charge in [0.1, 0.15) is 5.82 Å². The molecule has 0 radical (unpaired) electrons. The lowest BCUT2D eigenvalue weighted by Gasteiger charge is -2.15. The number of aliphatic hydroxyl groups excluding tert-OH is 1. The van der Waals surface area contributed by atoms with E-state index in [9.17, 15) is 5.11 Å². The summed E-state index contributed by atoms with van der Waals surface area (Å²) in [4.78, 5) is 5.96. The summed E-state index contributed by atoms with van der Waals surface area (Å²) in [5.41, 5.74) is 6.36. The van der Waals surface area contributed by atoms with Crippen molar-refractivity contribution in [1.29, 1.82) is 0 Å². The Labute approximate surface area is 84.4 Å². The molecule has 0 aliphatic rings. The van der Waals surface area contributed by atoms with Crippen molar-refractivity contribution in [3.63, 3.8) is 0 Å². The first-order chi connectivity index (χ1) is 6.61. The number of nitrogens with zero attached hydrogens (tertiary/aromatic N) is 2. The van der Waals surface area contributed by atoms with E-state index in [0.29, 0.717) is 17.8 Å². The molecule has 0 bridgehead atoms. The molecule has 0 aliphatic carbocycles. The Balaban J connectivity index is 2.60. The Kier molecular flexibility index (Phi) is 3.85. The molecule has 4 nitrogen and oxygen atoms in total. The fraction of sp³-hybridized carbons (Fsp3) is 0.500. The van der Waals surface area contributed by atoms with Gasteiger partial charge in [0.05, 0.1) is 6.10 Å². The monoisotopic (exact) mass is 195 g/mol. The van der Waals surface area contributed by atoms with Crippen molar-refractivity contribution in [3.8, 4) is 0 Å². The average Bonchev–Trinajstić information content (AvgIpc) is 2.15. The summed E-state index contributed by atoms with van der Waals surface area (Å²) in [5.74, 6) is 0.416. The Hall–Kier alpha value is -1.13. The fourth-order valence-corrected chi connectivity index (χ4v) is 1.25. The van der Waals surface area contributed by atoms with E-state index in [2.05, 4.69) is 4.98 Å². The molecule has 1 aromatic rings. The molecule has 3 N–H and O–H groups in total. The number of rotatable bonds is 4. The van der Waals surface area contributed by atoms with E-state index in [1.165, 1.54) is 0 Å². The van der Waals surface area contributed by atoms with Gasteiger partial charge in [-0.05, 0) is 26.6 Å². The van der Waals surface area contributed by atoms with Crippen LogP contribution in [0.1, 0.15) is 18.1 Å². The summed E-state index contributed by atoms with van der Waals surface area (Å²) >= 11 is 0. The standard InChI is InChI=1S/C10H17N3O/c1-13(2)7-5-9(14)8-4-3-6-12-10(8)11/h3-4,6,9,14H,5,7H2,1-2H3,(H2,11,12). The molecule has 0 amide bonds. The van der Waals surface area contributed by atoms with E-state index < -0.39 is 6.10 Å². The van der Waals surface area contributed by atoms with E-state index in [4.69, 9.17) is 5.73 Å². The zero-order chi connectivity index (χ0) is 10.6. The largest absolute Gasteiger partial charge is 0.388 e. The Morgan fingerprint density at radius 3 is 2.86 bits per heavy atom. The topological polar surface area (TPSA) is 62.4 Å². The van der Waals surface area contributed by atoms with Crippen LogP contribution in [0.25, 0.3) is 0 Å². The highest BCUT2D eigenvalue weighted by atomic mass is 16.3. The van der Waals surface area contributed by atoms with Crippen LogP contribution in [0, 0.1) is 0 Å². The zero-order valence-electron chi connectivity index (χ0n) is 8.64. The van der Waals surface area contributed by atoms with E-state index >= 15 is 0 Å². The van der Waals surface area contributed by atoms with Crippen LogP contribution in [0.5, 0.6) is 0 Å². The summed E-state index contributed by atoms with van der Waals surface area (Å²) in [5, 5.41) is 9.80. The van der Waals surface area contributed by atoms with Crippen LogP contribution >= 0.6 is 0 Å². The van der Waals surface area contributed by atoms with Crippen LogP contribution < -0.4 is 5.73 Å². The number of pyridine rings is 1. The molecule has 1 aromatic heterocycles. The van der Waals surface area contributed by atoms with E-state index in [1.807, 2.05) is 25.1 Å². The van der Waals surface area contributed by atoms with Gasteiger partial charge in [-0.3, -0.25) is 0 Å². The Morgan fingerprint density at radius 1 is 1.57 bits per heavy atom. The molecular weight excluding hydrogens is 178 g/mol. The first-order valence-corrected chi connectivity index (χ1v) is 4.64. The number of hydrogen-bond acceptors (Lipinski definition) is 4. The van der Waals surface area contributed by atoms with Crippen molar-refractivity contribution < 1.29 is 5.11 Å². The summed E-state index contributed by atoms with van der Waals surface area (Å²) in [7, 11) is 3.94. The summed E-state index contributed by atoms with van der Waals surface area (Å²) in [6.07, 6.45) is 1.77. The number of nitrogen functional groups attached to an aromatic ring is 1. The van der Waals surface area contributed by atoms with E-state index in [-0.39, 0.29) is 0 Å². The quantitative estimate of drug-likeness (QED) is 0.740. The highest BCUT2D eigenvalue weighted by molar-refractivity contribution is 5.39. The number of aliphatic hydroxyl groups is 1. The van der Waals surface area contributed by atoms with Gasteiger partial charge in [0.25, 0.3) is 0 Å². The average molecular weight is 195 g/mol. The van der Waals surface area contributed by atoms with Gasteiger partial charge in [0.2, 0.25) is 0 Å². The second kappa shape index (κ2) is 4.93. The minimum absolute atomic E-state index is 0.416. The van der Waals surface area contributed by atoms with Crippen molar-refractivity contribution in [2.24, 2.45) is 0 Å². The van der Waals surface area contributed by atoms with Gasteiger partial charge in [0.15, 0.2) is 0 Å². The summed E-state index contributed by atoms with van der Waals surface area (Å²) in [6.45, 7) is 0.829. The number of nitrogens with two attached hydrogens (primary N) is 1. The zero-order valence-corrected chi connectivity index (χ0v) is 8.64. The van der Waals surface area contributed by atoms with Gasteiger partial charge in [0, 0.05) is 18.3 Å². The van der Waals surface area contributed by atoms with Crippen molar-refractivity contribution >= 4 is 5.82 Å². The molecule has 0 saturated heterocycles. The lowest BCUT2D eigenvalue weighted by Crippen LogP contribution is -2.16. The van der Waals surface area contributed by atoms with Crippen LogP contribution in [-0.4, -0.2) is 35.6 Å². The van der Waals surface area contributed by atoms with Gasteiger partial charge in [-0.25, -0.2) is 4.98 Å². The molecule has 1 rings (SSSR count). The van der Waals surface area contributed by atoms with Crippen LogP contribution in [0.4, 0.5) is 5.82 Å². The molecule has 14 heavy (non-hydrogen) atoms. The minimum Gasteiger partial charge on any atom is -0.388 e. The van der Waals surface area contributed by atoms with Crippen LogP contribution in [0.15, 0.2) is 18.3 Å². The number of hydrogen-bond donors (Lipinski definition) is 2. The summed E-state index contributed by atoms with van der Waals surface area (Å²) < 4.78 is 0. The number of aromatic nitrogens is 1. The molecule has 0 saturated carbocycles. The lowest BCUT2D eigenvalue weighted by atomic mass is 10.1. The third kappa shape index (κ3) is 2.97. The first kappa shape index (κ1) is 10.9. The molecular formula is C10H17N3O. The lowest BCUT2D eigenvalue weighted by molar-refractivity contribution is 0.154. The van der Waals surface area contributed by atoms with Crippen molar-refractivity contribution in [2.75, 3.05) is 26.4 Å². The minimum atomic E-state index is -0.522. The van der Waals surface area contributed by atoms with Crippen LogP contribution in [0.2, 0.25) is 0 Å². The van der Waals surface area contributed by atoms with Gasteiger partial charge < -0.3 is 15.7 Å². The molecule has 0 fully saturated rings. The molecule has 0 aromatic carbocycles. The van der Waals surface area contributed by atoms with E-state index in [0.717, 1.165) is 6.54 Å². The SMILES string of the molecule is CN(C)CCC(O)c1cccnc1N. The van der Waals surface area contributed by atoms with Crippen molar-refractivity contribution in [2.45, 2.75) is 12.5 Å². The molecule has 78 valence electrons. The van der Waals surface area contributed by atoms with Crippen molar-refractivity contribution in [3.05, 3.63) is 23.9 Å². The maximum absolute atomic E-state index is 9.80. The van der Waals surface area contributed by atoms with Crippen molar-refractivity contribution in [1.82, 2.24) is 9.88 Å². The maximum Gasteiger partial charge on any atom is 0.129 e. The van der Waals surface area contributed by atoms with Gasteiger partial charge >= 0.3 is 0 Å². The fourth-order valence-electron chi connectivity index (χ4n) is 1.25. The van der Waals surface area contributed by atoms with E-state index in [1.54, 1.807) is 12.3 Å².